The average molecular weight is 387 g/mol. The van der Waals surface area contributed by atoms with Crippen molar-refractivity contribution >= 4 is 44.8 Å². The van der Waals surface area contributed by atoms with E-state index in [9.17, 15) is 13.2 Å². The van der Waals surface area contributed by atoms with E-state index in [0.717, 1.165) is 5.56 Å². The van der Waals surface area contributed by atoms with Crippen LogP contribution in [0.2, 0.25) is 10.0 Å². The molecule has 2 rings (SSSR count). The van der Waals surface area contributed by atoms with E-state index in [0.29, 0.717) is 12.1 Å². The van der Waals surface area contributed by atoms with Crippen LogP contribution in [-0.2, 0) is 14.8 Å². The topological polar surface area (TPSA) is 89.3 Å². The number of amides is 1. The van der Waals surface area contributed by atoms with Crippen LogP contribution in [0.3, 0.4) is 0 Å². The van der Waals surface area contributed by atoms with E-state index in [1.165, 1.54) is 18.2 Å². The third-order valence-electron chi connectivity index (χ3n) is 3.52. The SMILES string of the molecule is CC[C@@H](C(N)=O)c1ccc(NS(=O)(=O)c2cccc(Cl)c2Cl)cc1. The lowest BCUT2D eigenvalue weighted by Gasteiger charge is -2.13. The summed E-state index contributed by atoms with van der Waals surface area (Å²) in [5, 5.41) is 0.116. The third-order valence-corrected chi connectivity index (χ3v) is 5.88. The van der Waals surface area contributed by atoms with Gasteiger partial charge in [0.2, 0.25) is 5.91 Å². The van der Waals surface area contributed by atoms with Crippen LogP contribution in [-0.4, -0.2) is 14.3 Å². The summed E-state index contributed by atoms with van der Waals surface area (Å²) in [5.74, 6) is -0.824. The monoisotopic (exact) mass is 386 g/mol. The largest absolute Gasteiger partial charge is 0.369 e. The molecule has 1 atom stereocenters. The molecule has 0 spiro atoms. The van der Waals surface area contributed by atoms with Crippen LogP contribution < -0.4 is 10.5 Å². The van der Waals surface area contributed by atoms with Crippen molar-refractivity contribution in [2.75, 3.05) is 4.72 Å². The third kappa shape index (κ3) is 4.01. The molecular formula is C16H16Cl2N2O3S. The molecular weight excluding hydrogens is 371 g/mol. The average Bonchev–Trinajstić information content (AvgIpc) is 2.51. The predicted octanol–water partition coefficient (Wildman–Crippen LogP) is 3.77. The number of nitrogens with one attached hydrogen (secondary N) is 1. The molecule has 0 aliphatic rings. The van der Waals surface area contributed by atoms with Crippen molar-refractivity contribution < 1.29 is 13.2 Å². The normalized spacial score (nSPS) is 12.6. The second-order valence-corrected chi connectivity index (χ2v) is 7.58. The molecule has 0 saturated heterocycles. The lowest BCUT2D eigenvalue weighted by Crippen LogP contribution is -2.20. The summed E-state index contributed by atoms with van der Waals surface area (Å²) in [7, 11) is -3.88. The van der Waals surface area contributed by atoms with Crippen molar-refractivity contribution in [3.05, 3.63) is 58.1 Å². The number of carbonyl (C=O) groups is 1. The number of benzene rings is 2. The Hall–Kier alpha value is -1.76. The molecule has 24 heavy (non-hydrogen) atoms. The molecule has 0 aliphatic carbocycles. The molecule has 8 heteroatoms. The molecule has 0 heterocycles. The highest BCUT2D eigenvalue weighted by Crippen LogP contribution is 2.30. The minimum atomic E-state index is -3.88. The second-order valence-electron chi connectivity index (χ2n) is 5.14. The first-order valence-corrected chi connectivity index (χ1v) is 9.36. The Kier molecular flexibility index (Phi) is 5.74. The summed E-state index contributed by atoms with van der Waals surface area (Å²) >= 11 is 11.8. The van der Waals surface area contributed by atoms with E-state index < -0.39 is 21.8 Å². The van der Waals surface area contributed by atoms with Gasteiger partial charge >= 0.3 is 0 Å². The number of rotatable bonds is 6. The fourth-order valence-corrected chi connectivity index (χ4v) is 4.11. The summed E-state index contributed by atoms with van der Waals surface area (Å²) < 4.78 is 27.3. The van der Waals surface area contributed by atoms with Gasteiger partial charge in [-0.2, -0.15) is 0 Å². The molecule has 0 radical (unpaired) electrons. The fraction of sp³-hybridized carbons (Fsp3) is 0.188. The van der Waals surface area contributed by atoms with Crippen molar-refractivity contribution in [3.63, 3.8) is 0 Å². The lowest BCUT2D eigenvalue weighted by atomic mass is 9.96. The first kappa shape index (κ1) is 18.6. The van der Waals surface area contributed by atoms with Gasteiger partial charge in [0.15, 0.2) is 0 Å². The Balaban J connectivity index is 2.28. The van der Waals surface area contributed by atoms with E-state index in [2.05, 4.69) is 4.72 Å². The van der Waals surface area contributed by atoms with Crippen molar-refractivity contribution in [1.82, 2.24) is 0 Å². The van der Waals surface area contributed by atoms with Crippen LogP contribution in [0, 0.1) is 0 Å². The second kappa shape index (κ2) is 7.42. The number of anilines is 1. The molecule has 1 amide bonds. The zero-order valence-electron chi connectivity index (χ0n) is 12.8. The summed E-state index contributed by atoms with van der Waals surface area (Å²) in [6.45, 7) is 1.85. The van der Waals surface area contributed by atoms with Crippen LogP contribution in [0.4, 0.5) is 5.69 Å². The van der Waals surface area contributed by atoms with Crippen LogP contribution in [0.5, 0.6) is 0 Å². The summed E-state index contributed by atoms with van der Waals surface area (Å²) in [4.78, 5) is 11.3. The summed E-state index contributed by atoms with van der Waals surface area (Å²) in [5.41, 5.74) is 6.42. The number of primary amides is 1. The van der Waals surface area contributed by atoms with Crippen molar-refractivity contribution in [3.8, 4) is 0 Å². The molecule has 2 aromatic rings. The van der Waals surface area contributed by atoms with Gasteiger partial charge in [-0.25, -0.2) is 8.42 Å². The Morgan fingerprint density at radius 3 is 2.33 bits per heavy atom. The summed E-state index contributed by atoms with van der Waals surface area (Å²) in [6, 6.07) is 10.8. The maximum atomic E-state index is 12.4. The molecule has 0 unspecified atom stereocenters. The van der Waals surface area contributed by atoms with Crippen molar-refractivity contribution in [2.45, 2.75) is 24.2 Å². The van der Waals surface area contributed by atoms with Gasteiger partial charge in [0.25, 0.3) is 10.0 Å². The van der Waals surface area contributed by atoms with E-state index in [-0.39, 0.29) is 14.9 Å². The maximum absolute atomic E-state index is 12.4. The van der Waals surface area contributed by atoms with Gasteiger partial charge in [-0.3, -0.25) is 9.52 Å². The van der Waals surface area contributed by atoms with Gasteiger partial charge in [-0.15, -0.1) is 0 Å². The predicted molar refractivity (Wildman–Crippen MR) is 95.9 cm³/mol. The van der Waals surface area contributed by atoms with Crippen molar-refractivity contribution in [2.24, 2.45) is 5.73 Å². The Morgan fingerprint density at radius 1 is 1.17 bits per heavy atom. The molecule has 0 fully saturated rings. The number of sulfonamides is 1. The molecule has 0 bridgehead atoms. The van der Waals surface area contributed by atoms with Gasteiger partial charge in [0, 0.05) is 5.69 Å². The lowest BCUT2D eigenvalue weighted by molar-refractivity contribution is -0.119. The smallest absolute Gasteiger partial charge is 0.263 e. The Morgan fingerprint density at radius 2 is 1.79 bits per heavy atom. The quantitative estimate of drug-likeness (QED) is 0.791. The number of hydrogen-bond donors (Lipinski definition) is 2. The zero-order valence-corrected chi connectivity index (χ0v) is 15.1. The number of halogens is 2. The minimum Gasteiger partial charge on any atom is -0.369 e. The van der Waals surface area contributed by atoms with E-state index in [4.69, 9.17) is 28.9 Å². The highest BCUT2D eigenvalue weighted by molar-refractivity contribution is 7.92. The highest BCUT2D eigenvalue weighted by Gasteiger charge is 2.20. The number of carbonyl (C=O) groups excluding carboxylic acids is 1. The highest BCUT2D eigenvalue weighted by atomic mass is 35.5. The standard InChI is InChI=1S/C16H16Cl2N2O3S/c1-2-12(16(19)21)10-6-8-11(9-7-10)20-24(22,23)14-5-3-4-13(17)15(14)18/h3-9,12,20H,2H2,1H3,(H2,19,21)/t12-/m1/s1. The molecule has 2 aromatic carbocycles. The van der Waals surface area contributed by atoms with E-state index in [1.807, 2.05) is 6.92 Å². The van der Waals surface area contributed by atoms with Gasteiger partial charge in [-0.05, 0) is 36.2 Å². The zero-order chi connectivity index (χ0) is 17.9. The number of nitrogens with two attached hydrogens (primary N) is 1. The van der Waals surface area contributed by atoms with Crippen LogP contribution in [0.1, 0.15) is 24.8 Å². The number of hydrogen-bond acceptors (Lipinski definition) is 3. The molecule has 0 aliphatic heterocycles. The molecule has 128 valence electrons. The first-order valence-electron chi connectivity index (χ1n) is 7.12. The molecule has 0 aromatic heterocycles. The van der Waals surface area contributed by atoms with Crippen LogP contribution in [0.15, 0.2) is 47.4 Å². The van der Waals surface area contributed by atoms with Gasteiger partial charge in [0.1, 0.15) is 4.90 Å². The van der Waals surface area contributed by atoms with E-state index >= 15 is 0 Å². The first-order chi connectivity index (χ1) is 11.3. The van der Waals surface area contributed by atoms with E-state index in [1.54, 1.807) is 24.3 Å². The fourth-order valence-electron chi connectivity index (χ4n) is 2.29. The Bertz CT molecular complexity index is 852. The van der Waals surface area contributed by atoms with Gasteiger partial charge in [0.05, 0.1) is 16.0 Å². The molecule has 3 N–H and O–H groups in total. The van der Waals surface area contributed by atoms with Crippen LogP contribution >= 0.6 is 23.2 Å². The van der Waals surface area contributed by atoms with Gasteiger partial charge in [-0.1, -0.05) is 48.3 Å². The minimum absolute atomic E-state index is 0.0388. The molecule has 5 nitrogen and oxygen atoms in total. The van der Waals surface area contributed by atoms with Crippen molar-refractivity contribution in [1.29, 1.82) is 0 Å². The maximum Gasteiger partial charge on any atom is 0.263 e. The van der Waals surface area contributed by atoms with Crippen LogP contribution in [0.25, 0.3) is 0 Å². The summed E-state index contributed by atoms with van der Waals surface area (Å²) in [6.07, 6.45) is 0.568. The Labute approximate surface area is 150 Å². The van der Waals surface area contributed by atoms with Gasteiger partial charge < -0.3 is 5.73 Å². The molecule has 0 saturated carbocycles.